The van der Waals surface area contributed by atoms with E-state index in [2.05, 4.69) is 38.1 Å². The van der Waals surface area contributed by atoms with Gasteiger partial charge in [0.05, 0.1) is 5.41 Å². The van der Waals surface area contributed by atoms with Crippen molar-refractivity contribution in [3.05, 3.63) is 70.3 Å². The number of aryl methyl sites for hydroxylation is 3. The topological polar surface area (TPSA) is 17.1 Å². The highest BCUT2D eigenvalue weighted by Crippen LogP contribution is 2.50. The Balaban J connectivity index is 2.04. The Morgan fingerprint density at radius 2 is 1.50 bits per heavy atom. The number of carbonyl (C=O) groups excluding carboxylic acids is 1. The fourth-order valence-corrected chi connectivity index (χ4v) is 2.99. The molecule has 0 amide bonds. The third-order valence-corrected chi connectivity index (χ3v) is 4.60. The van der Waals surface area contributed by atoms with E-state index < -0.39 is 0 Å². The number of carbonyl (C=O) groups is 1. The first-order valence-electron chi connectivity index (χ1n) is 7.23. The fourth-order valence-electron chi connectivity index (χ4n) is 2.99. The first-order valence-corrected chi connectivity index (χ1v) is 7.23. The molecule has 1 aliphatic rings. The van der Waals surface area contributed by atoms with Gasteiger partial charge in [0, 0.05) is 5.56 Å². The van der Waals surface area contributed by atoms with Gasteiger partial charge < -0.3 is 0 Å². The number of ketones is 1. The van der Waals surface area contributed by atoms with Crippen LogP contribution in [0.1, 0.15) is 45.5 Å². The molecule has 102 valence electrons. The summed E-state index contributed by atoms with van der Waals surface area (Å²) in [5.74, 6) is 0.296. The molecule has 1 saturated carbocycles. The molecule has 1 nitrogen and oxygen atoms in total. The van der Waals surface area contributed by atoms with E-state index in [1.807, 2.05) is 25.1 Å². The Morgan fingerprint density at radius 3 is 2.10 bits per heavy atom. The van der Waals surface area contributed by atoms with Gasteiger partial charge >= 0.3 is 0 Å². The van der Waals surface area contributed by atoms with Crippen molar-refractivity contribution in [3.8, 4) is 0 Å². The van der Waals surface area contributed by atoms with Crippen LogP contribution in [-0.4, -0.2) is 5.78 Å². The van der Waals surface area contributed by atoms with Gasteiger partial charge in [-0.3, -0.25) is 4.79 Å². The van der Waals surface area contributed by atoms with Crippen molar-refractivity contribution >= 4 is 5.78 Å². The predicted octanol–water partition coefficient (Wildman–Crippen LogP) is 4.53. The first-order chi connectivity index (χ1) is 9.54. The predicted molar refractivity (Wildman–Crippen MR) is 82.3 cm³/mol. The zero-order valence-corrected chi connectivity index (χ0v) is 12.4. The molecular formula is C19H20O. The maximum absolute atomic E-state index is 13.0. The highest BCUT2D eigenvalue weighted by molar-refractivity contribution is 6.07. The van der Waals surface area contributed by atoms with Crippen LogP contribution in [0.15, 0.2) is 42.5 Å². The van der Waals surface area contributed by atoms with Crippen LogP contribution < -0.4 is 0 Å². The molecule has 1 aliphatic carbocycles. The fraction of sp³-hybridized carbons (Fsp3) is 0.316. The van der Waals surface area contributed by atoms with E-state index in [1.54, 1.807) is 0 Å². The van der Waals surface area contributed by atoms with E-state index in [4.69, 9.17) is 0 Å². The molecule has 2 aromatic carbocycles. The Kier molecular flexibility index (Phi) is 3.01. The first kappa shape index (κ1) is 13.1. The monoisotopic (exact) mass is 264 g/mol. The van der Waals surface area contributed by atoms with Crippen molar-refractivity contribution in [2.24, 2.45) is 0 Å². The maximum Gasteiger partial charge on any atom is 0.173 e. The van der Waals surface area contributed by atoms with Gasteiger partial charge in [0.1, 0.15) is 0 Å². The Hall–Kier alpha value is -1.89. The Labute approximate surface area is 120 Å². The number of hydrogen-bond donors (Lipinski definition) is 0. The number of Topliss-reactive ketones (excluding diaryl/α,β-unsaturated/α-hetero) is 1. The van der Waals surface area contributed by atoms with Crippen LogP contribution in [0.4, 0.5) is 0 Å². The third kappa shape index (κ3) is 1.98. The van der Waals surface area contributed by atoms with Gasteiger partial charge in [0.2, 0.25) is 0 Å². The molecule has 0 unspecified atom stereocenters. The van der Waals surface area contributed by atoms with Gasteiger partial charge in [-0.05, 0) is 61.9 Å². The minimum atomic E-state index is -0.256. The van der Waals surface area contributed by atoms with Gasteiger partial charge in [-0.15, -0.1) is 0 Å². The van der Waals surface area contributed by atoms with E-state index in [0.717, 1.165) is 24.0 Å². The highest BCUT2D eigenvalue weighted by atomic mass is 16.1. The largest absolute Gasteiger partial charge is 0.293 e. The van der Waals surface area contributed by atoms with Gasteiger partial charge in [0.25, 0.3) is 0 Å². The molecular weight excluding hydrogens is 244 g/mol. The summed E-state index contributed by atoms with van der Waals surface area (Å²) >= 11 is 0. The van der Waals surface area contributed by atoms with E-state index in [1.165, 1.54) is 16.7 Å². The number of rotatable bonds is 3. The third-order valence-electron chi connectivity index (χ3n) is 4.60. The second-order valence-corrected chi connectivity index (χ2v) is 6.03. The molecule has 0 aliphatic heterocycles. The summed E-state index contributed by atoms with van der Waals surface area (Å²) < 4.78 is 0. The second kappa shape index (κ2) is 4.59. The highest BCUT2D eigenvalue weighted by Gasteiger charge is 2.51. The van der Waals surface area contributed by atoms with Crippen LogP contribution in [0.5, 0.6) is 0 Å². The molecule has 0 N–H and O–H groups in total. The summed E-state index contributed by atoms with van der Waals surface area (Å²) in [6.45, 7) is 6.22. The molecule has 3 rings (SSSR count). The summed E-state index contributed by atoms with van der Waals surface area (Å²) in [7, 11) is 0. The van der Waals surface area contributed by atoms with Crippen molar-refractivity contribution in [2.45, 2.75) is 39.0 Å². The van der Waals surface area contributed by atoms with Gasteiger partial charge in [-0.1, -0.05) is 36.4 Å². The van der Waals surface area contributed by atoms with Crippen LogP contribution in [0.3, 0.4) is 0 Å². The maximum atomic E-state index is 13.0. The molecule has 0 aromatic heterocycles. The quantitative estimate of drug-likeness (QED) is 0.745. The minimum Gasteiger partial charge on any atom is -0.293 e. The Bertz CT molecular complexity index is 664. The molecule has 0 heterocycles. The summed E-state index contributed by atoms with van der Waals surface area (Å²) in [6, 6.07) is 14.4. The summed E-state index contributed by atoms with van der Waals surface area (Å²) in [5.41, 5.74) is 5.36. The van der Waals surface area contributed by atoms with Crippen LogP contribution >= 0.6 is 0 Å². The molecule has 2 aromatic rings. The number of benzene rings is 2. The normalized spacial score (nSPS) is 15.9. The number of hydrogen-bond acceptors (Lipinski definition) is 1. The molecule has 1 heteroatoms. The standard InChI is InChI=1S/C19H20O/c1-13-11-15(3)17(12-14(13)2)18(20)19(9-10-19)16-7-5-4-6-8-16/h4-8,11-12H,9-10H2,1-3H3. The van der Waals surface area contributed by atoms with Crippen molar-refractivity contribution in [1.82, 2.24) is 0 Å². The van der Waals surface area contributed by atoms with Gasteiger partial charge in [-0.2, -0.15) is 0 Å². The van der Waals surface area contributed by atoms with Crippen LogP contribution in [-0.2, 0) is 5.41 Å². The van der Waals surface area contributed by atoms with Crippen molar-refractivity contribution in [3.63, 3.8) is 0 Å². The SMILES string of the molecule is Cc1cc(C)c(C(=O)C2(c3ccccc3)CC2)cc1C. The average molecular weight is 264 g/mol. The van der Waals surface area contributed by atoms with Crippen LogP contribution in [0.25, 0.3) is 0 Å². The second-order valence-electron chi connectivity index (χ2n) is 6.03. The lowest BCUT2D eigenvalue weighted by Gasteiger charge is -2.17. The molecule has 20 heavy (non-hydrogen) atoms. The van der Waals surface area contributed by atoms with Gasteiger partial charge in [-0.25, -0.2) is 0 Å². The lowest BCUT2D eigenvalue weighted by Crippen LogP contribution is -2.21. The zero-order valence-electron chi connectivity index (χ0n) is 12.4. The van der Waals surface area contributed by atoms with Crippen molar-refractivity contribution in [1.29, 1.82) is 0 Å². The van der Waals surface area contributed by atoms with Gasteiger partial charge in [0.15, 0.2) is 5.78 Å². The average Bonchev–Trinajstić information content (AvgIpc) is 3.25. The van der Waals surface area contributed by atoms with Crippen molar-refractivity contribution in [2.75, 3.05) is 0 Å². The Morgan fingerprint density at radius 1 is 0.900 bits per heavy atom. The molecule has 0 bridgehead atoms. The summed E-state index contributed by atoms with van der Waals surface area (Å²) in [6.07, 6.45) is 1.95. The lowest BCUT2D eigenvalue weighted by atomic mass is 9.85. The summed E-state index contributed by atoms with van der Waals surface area (Å²) in [4.78, 5) is 13.0. The van der Waals surface area contributed by atoms with E-state index >= 15 is 0 Å². The molecule has 0 saturated heterocycles. The zero-order chi connectivity index (χ0) is 14.3. The lowest BCUT2D eigenvalue weighted by molar-refractivity contribution is 0.0945. The minimum absolute atomic E-state index is 0.256. The molecule has 0 radical (unpaired) electrons. The van der Waals surface area contributed by atoms with E-state index in [-0.39, 0.29) is 5.41 Å². The van der Waals surface area contributed by atoms with Crippen LogP contribution in [0, 0.1) is 20.8 Å². The molecule has 0 spiro atoms. The van der Waals surface area contributed by atoms with Crippen molar-refractivity contribution < 1.29 is 4.79 Å². The smallest absolute Gasteiger partial charge is 0.173 e. The molecule has 0 atom stereocenters. The summed E-state index contributed by atoms with van der Waals surface area (Å²) in [5, 5.41) is 0. The van der Waals surface area contributed by atoms with Crippen LogP contribution in [0.2, 0.25) is 0 Å². The molecule has 1 fully saturated rings. The van der Waals surface area contributed by atoms with E-state index in [9.17, 15) is 4.79 Å². The van der Waals surface area contributed by atoms with E-state index in [0.29, 0.717) is 5.78 Å².